The van der Waals surface area contributed by atoms with E-state index in [2.05, 4.69) is 16.9 Å². The lowest BCUT2D eigenvalue weighted by molar-refractivity contribution is 0.299. The number of hydrogen-bond donors (Lipinski definition) is 1. The first-order valence-corrected chi connectivity index (χ1v) is 6.11. The van der Waals surface area contributed by atoms with Crippen LogP contribution in [0.25, 0.3) is 0 Å². The van der Waals surface area contributed by atoms with Crippen molar-refractivity contribution in [2.45, 2.75) is 32.6 Å². The summed E-state index contributed by atoms with van der Waals surface area (Å²) in [6.07, 6.45) is 5.55. The molecule has 3 nitrogen and oxygen atoms in total. The Kier molecular flexibility index (Phi) is 3.32. The maximum absolute atomic E-state index is 5.76. The maximum atomic E-state index is 5.76. The zero-order chi connectivity index (χ0) is 11.5. The van der Waals surface area contributed by atoms with E-state index in [1.165, 1.54) is 25.7 Å². The van der Waals surface area contributed by atoms with Crippen LogP contribution in [0.4, 0.5) is 11.5 Å². The number of aromatic nitrogens is 1. The second kappa shape index (κ2) is 4.73. The SMILES string of the molecule is Cc1nc(N(C)CCC2CCC2)ccc1N. The first kappa shape index (κ1) is 11.2. The third-order valence-corrected chi connectivity index (χ3v) is 3.60. The number of nitrogen functional groups attached to an aromatic ring is 1. The van der Waals surface area contributed by atoms with Crippen molar-refractivity contribution in [2.24, 2.45) is 5.92 Å². The molecule has 1 aliphatic rings. The monoisotopic (exact) mass is 219 g/mol. The summed E-state index contributed by atoms with van der Waals surface area (Å²) in [5.74, 6) is 1.99. The van der Waals surface area contributed by atoms with Crippen LogP contribution in [0.5, 0.6) is 0 Å². The third kappa shape index (κ3) is 2.46. The van der Waals surface area contributed by atoms with Gasteiger partial charge in [-0.05, 0) is 31.4 Å². The van der Waals surface area contributed by atoms with Crippen molar-refractivity contribution in [3.05, 3.63) is 17.8 Å². The topological polar surface area (TPSA) is 42.2 Å². The second-order valence-corrected chi connectivity index (χ2v) is 4.85. The van der Waals surface area contributed by atoms with E-state index in [0.29, 0.717) is 0 Å². The van der Waals surface area contributed by atoms with Crippen LogP contribution >= 0.6 is 0 Å². The van der Waals surface area contributed by atoms with Crippen molar-refractivity contribution in [3.63, 3.8) is 0 Å². The van der Waals surface area contributed by atoms with Crippen LogP contribution < -0.4 is 10.6 Å². The average molecular weight is 219 g/mol. The van der Waals surface area contributed by atoms with E-state index in [-0.39, 0.29) is 0 Å². The highest BCUT2D eigenvalue weighted by molar-refractivity contribution is 5.49. The fourth-order valence-corrected chi connectivity index (χ4v) is 2.04. The van der Waals surface area contributed by atoms with E-state index in [9.17, 15) is 0 Å². The summed E-state index contributed by atoms with van der Waals surface area (Å²) in [5.41, 5.74) is 7.46. The van der Waals surface area contributed by atoms with Gasteiger partial charge in [0.1, 0.15) is 5.82 Å². The van der Waals surface area contributed by atoms with Crippen molar-refractivity contribution >= 4 is 11.5 Å². The standard InChI is InChI=1S/C13H21N3/c1-10-12(14)6-7-13(15-10)16(2)9-8-11-4-3-5-11/h6-7,11H,3-5,8-9,14H2,1-2H3. The molecule has 1 aliphatic carbocycles. The maximum Gasteiger partial charge on any atom is 0.128 e. The molecule has 88 valence electrons. The Balaban J connectivity index is 1.91. The molecule has 0 saturated heterocycles. The summed E-state index contributed by atoms with van der Waals surface area (Å²) in [7, 11) is 2.11. The van der Waals surface area contributed by atoms with Gasteiger partial charge in [0.05, 0.1) is 11.4 Å². The molecule has 0 aliphatic heterocycles. The van der Waals surface area contributed by atoms with Crippen molar-refractivity contribution < 1.29 is 0 Å². The molecule has 0 spiro atoms. The molecule has 1 heterocycles. The molecule has 0 radical (unpaired) electrons. The largest absolute Gasteiger partial charge is 0.397 e. The molecule has 0 unspecified atom stereocenters. The van der Waals surface area contributed by atoms with Crippen LogP contribution in [0.1, 0.15) is 31.4 Å². The summed E-state index contributed by atoms with van der Waals surface area (Å²) in [6.45, 7) is 3.06. The normalized spacial score (nSPS) is 15.9. The Morgan fingerprint density at radius 3 is 2.75 bits per heavy atom. The number of anilines is 2. The summed E-state index contributed by atoms with van der Waals surface area (Å²) >= 11 is 0. The van der Waals surface area contributed by atoms with Gasteiger partial charge in [-0.3, -0.25) is 0 Å². The summed E-state index contributed by atoms with van der Waals surface area (Å²) < 4.78 is 0. The van der Waals surface area contributed by atoms with Crippen LogP contribution in [0.2, 0.25) is 0 Å². The number of aryl methyl sites for hydroxylation is 1. The lowest BCUT2D eigenvalue weighted by Crippen LogP contribution is -2.24. The molecule has 16 heavy (non-hydrogen) atoms. The molecule has 2 rings (SSSR count). The zero-order valence-electron chi connectivity index (χ0n) is 10.2. The van der Waals surface area contributed by atoms with Crippen LogP contribution in [-0.2, 0) is 0 Å². The van der Waals surface area contributed by atoms with Gasteiger partial charge in [0.25, 0.3) is 0 Å². The highest BCUT2D eigenvalue weighted by atomic mass is 15.2. The van der Waals surface area contributed by atoms with Crippen LogP contribution in [-0.4, -0.2) is 18.6 Å². The molecule has 0 bridgehead atoms. The lowest BCUT2D eigenvalue weighted by atomic mass is 9.83. The molecule has 2 N–H and O–H groups in total. The third-order valence-electron chi connectivity index (χ3n) is 3.60. The fourth-order valence-electron chi connectivity index (χ4n) is 2.04. The molecule has 0 amide bonds. The molecule has 0 aromatic carbocycles. The molecule has 1 fully saturated rings. The number of nitrogens with two attached hydrogens (primary N) is 1. The van der Waals surface area contributed by atoms with Crippen molar-refractivity contribution in [1.82, 2.24) is 4.98 Å². The number of rotatable bonds is 4. The Morgan fingerprint density at radius 2 is 2.19 bits per heavy atom. The van der Waals surface area contributed by atoms with Crippen molar-refractivity contribution in [2.75, 3.05) is 24.2 Å². The van der Waals surface area contributed by atoms with E-state index in [4.69, 9.17) is 5.73 Å². The predicted octanol–water partition coefficient (Wildman–Crippen LogP) is 2.60. The summed E-state index contributed by atoms with van der Waals surface area (Å²) in [4.78, 5) is 6.72. The molecule has 3 heteroatoms. The molecule has 0 atom stereocenters. The molecular formula is C13H21N3. The van der Waals surface area contributed by atoms with E-state index >= 15 is 0 Å². The van der Waals surface area contributed by atoms with E-state index in [1.54, 1.807) is 0 Å². The summed E-state index contributed by atoms with van der Waals surface area (Å²) in [6, 6.07) is 3.95. The minimum atomic E-state index is 0.774. The van der Waals surface area contributed by atoms with Crippen molar-refractivity contribution in [1.29, 1.82) is 0 Å². The summed E-state index contributed by atoms with van der Waals surface area (Å²) in [5, 5.41) is 0. The number of hydrogen-bond acceptors (Lipinski definition) is 3. The highest BCUT2D eigenvalue weighted by Crippen LogP contribution is 2.29. The number of nitrogens with zero attached hydrogens (tertiary/aromatic N) is 2. The van der Waals surface area contributed by atoms with E-state index < -0.39 is 0 Å². The quantitative estimate of drug-likeness (QED) is 0.846. The van der Waals surface area contributed by atoms with E-state index in [1.807, 2.05) is 19.1 Å². The van der Waals surface area contributed by atoms with Gasteiger partial charge in [-0.1, -0.05) is 19.3 Å². The predicted molar refractivity (Wildman–Crippen MR) is 68.6 cm³/mol. The Hall–Kier alpha value is -1.25. The molecule has 1 aromatic rings. The fraction of sp³-hybridized carbons (Fsp3) is 0.615. The first-order valence-electron chi connectivity index (χ1n) is 6.11. The van der Waals surface area contributed by atoms with Crippen LogP contribution in [0, 0.1) is 12.8 Å². The van der Waals surface area contributed by atoms with Gasteiger partial charge in [-0.2, -0.15) is 0 Å². The Labute approximate surface area is 97.7 Å². The Morgan fingerprint density at radius 1 is 1.44 bits per heavy atom. The smallest absolute Gasteiger partial charge is 0.128 e. The van der Waals surface area contributed by atoms with Gasteiger partial charge in [-0.15, -0.1) is 0 Å². The van der Waals surface area contributed by atoms with Crippen LogP contribution in [0.3, 0.4) is 0 Å². The second-order valence-electron chi connectivity index (χ2n) is 4.85. The van der Waals surface area contributed by atoms with Gasteiger partial charge in [0.15, 0.2) is 0 Å². The van der Waals surface area contributed by atoms with Gasteiger partial charge in [0.2, 0.25) is 0 Å². The van der Waals surface area contributed by atoms with Gasteiger partial charge >= 0.3 is 0 Å². The van der Waals surface area contributed by atoms with E-state index in [0.717, 1.165) is 29.7 Å². The number of pyridine rings is 1. The molecule has 1 aromatic heterocycles. The molecule has 1 saturated carbocycles. The van der Waals surface area contributed by atoms with Crippen LogP contribution in [0.15, 0.2) is 12.1 Å². The van der Waals surface area contributed by atoms with Gasteiger partial charge < -0.3 is 10.6 Å². The minimum absolute atomic E-state index is 0.774. The molecular weight excluding hydrogens is 198 g/mol. The van der Waals surface area contributed by atoms with Crippen molar-refractivity contribution in [3.8, 4) is 0 Å². The first-order chi connectivity index (χ1) is 7.66. The van der Waals surface area contributed by atoms with Gasteiger partial charge in [-0.25, -0.2) is 4.98 Å². The minimum Gasteiger partial charge on any atom is -0.397 e. The van der Waals surface area contributed by atoms with Gasteiger partial charge in [0, 0.05) is 13.6 Å². The average Bonchev–Trinajstić information content (AvgIpc) is 2.19. The highest BCUT2D eigenvalue weighted by Gasteiger charge is 2.17. The lowest BCUT2D eigenvalue weighted by Gasteiger charge is -2.28. The Bertz CT molecular complexity index is 358. The zero-order valence-corrected chi connectivity index (χ0v) is 10.2.